The normalized spacial score (nSPS) is 11.0. The Morgan fingerprint density at radius 3 is 2.10 bits per heavy atom. The molecule has 0 fully saturated rings. The highest BCUT2D eigenvalue weighted by Crippen LogP contribution is 2.19. The lowest BCUT2D eigenvalue weighted by atomic mass is 9.93. The molecule has 0 spiro atoms. The van der Waals surface area contributed by atoms with Crippen LogP contribution in [0.25, 0.3) is 0 Å². The first-order valence-corrected chi connectivity index (χ1v) is 6.13. The van der Waals surface area contributed by atoms with E-state index in [0.29, 0.717) is 0 Å². The highest BCUT2D eigenvalue weighted by molar-refractivity contribution is 5.94. The average molecular weight is 286 g/mol. The summed E-state index contributed by atoms with van der Waals surface area (Å²) >= 11 is 0. The summed E-state index contributed by atoms with van der Waals surface area (Å²) in [5, 5.41) is 13.4. The van der Waals surface area contributed by atoms with Crippen LogP contribution >= 0.6 is 0 Å². The van der Waals surface area contributed by atoms with E-state index in [1.165, 1.54) is 0 Å². The van der Waals surface area contributed by atoms with Gasteiger partial charge >= 0.3 is 12.0 Å². The van der Waals surface area contributed by atoms with Crippen LogP contribution < -0.4 is 10.6 Å². The first-order chi connectivity index (χ1) is 9.36. The van der Waals surface area contributed by atoms with E-state index in [0.717, 1.165) is 18.2 Å². The van der Waals surface area contributed by atoms with Gasteiger partial charge in [-0.3, -0.25) is 0 Å². The molecule has 1 aromatic rings. The van der Waals surface area contributed by atoms with Gasteiger partial charge in [-0.15, -0.1) is 0 Å². The molecule has 3 N–H and O–H groups in total. The van der Waals surface area contributed by atoms with E-state index in [1.807, 2.05) is 5.32 Å². The lowest BCUT2D eigenvalue weighted by Crippen LogP contribution is -2.55. The van der Waals surface area contributed by atoms with Gasteiger partial charge in [-0.2, -0.15) is 0 Å². The Kier molecular flexibility index (Phi) is 5.01. The van der Waals surface area contributed by atoms with Gasteiger partial charge in [0.15, 0.2) is 0 Å². The zero-order chi connectivity index (χ0) is 15.3. The fourth-order valence-corrected chi connectivity index (χ4v) is 1.76. The topological polar surface area (TPSA) is 78.4 Å². The number of amides is 2. The first kappa shape index (κ1) is 15.9. The lowest BCUT2D eigenvalue weighted by molar-refractivity contribution is -0.144. The summed E-state index contributed by atoms with van der Waals surface area (Å²) < 4.78 is 26.7. The number of carbonyl (C=O) groups excluding carboxylic acids is 1. The molecule has 20 heavy (non-hydrogen) atoms. The summed E-state index contributed by atoms with van der Waals surface area (Å²) in [6.45, 7) is 3.20. The predicted molar refractivity (Wildman–Crippen MR) is 69.5 cm³/mol. The largest absolute Gasteiger partial charge is 0.480 e. The Balaban J connectivity index is 2.89. The van der Waals surface area contributed by atoms with Gasteiger partial charge in [-0.25, -0.2) is 18.4 Å². The third kappa shape index (κ3) is 3.23. The van der Waals surface area contributed by atoms with Crippen LogP contribution in [0.1, 0.15) is 26.7 Å². The molecule has 110 valence electrons. The molecular formula is C13H16F2N2O3. The second-order valence-corrected chi connectivity index (χ2v) is 4.27. The molecule has 0 unspecified atom stereocenters. The molecule has 0 radical (unpaired) electrons. The van der Waals surface area contributed by atoms with Gasteiger partial charge in [0.05, 0.1) is 0 Å². The maximum atomic E-state index is 13.4. The minimum absolute atomic E-state index is 0.145. The molecule has 1 aromatic carbocycles. The quantitative estimate of drug-likeness (QED) is 0.778. The van der Waals surface area contributed by atoms with Crippen molar-refractivity contribution in [3.8, 4) is 0 Å². The second-order valence-electron chi connectivity index (χ2n) is 4.27. The van der Waals surface area contributed by atoms with E-state index < -0.39 is 34.9 Å². The van der Waals surface area contributed by atoms with Crippen LogP contribution in [0, 0.1) is 11.6 Å². The minimum atomic E-state index is -1.47. The molecule has 0 aromatic heterocycles. The monoisotopic (exact) mass is 286 g/mol. The SMILES string of the molecule is CCC(CC)(NC(=O)Nc1c(F)cccc1F)C(=O)O. The molecule has 5 nitrogen and oxygen atoms in total. The van der Waals surface area contributed by atoms with E-state index in [2.05, 4.69) is 5.32 Å². The number of urea groups is 1. The number of para-hydroxylation sites is 1. The Labute approximate surface area is 115 Å². The fourth-order valence-electron chi connectivity index (χ4n) is 1.76. The van der Waals surface area contributed by atoms with Crippen molar-refractivity contribution in [1.82, 2.24) is 5.32 Å². The number of carboxylic acid groups (broad SMARTS) is 1. The summed E-state index contributed by atoms with van der Waals surface area (Å²) in [6.07, 6.45) is 0.290. The summed E-state index contributed by atoms with van der Waals surface area (Å²) in [7, 11) is 0. The highest BCUT2D eigenvalue weighted by Gasteiger charge is 2.36. The number of carboxylic acids is 1. The van der Waals surface area contributed by atoms with Crippen molar-refractivity contribution in [2.45, 2.75) is 32.2 Å². The van der Waals surface area contributed by atoms with Crippen LogP contribution in [0.15, 0.2) is 18.2 Å². The molecule has 0 heterocycles. The summed E-state index contributed by atoms with van der Waals surface area (Å²) in [4.78, 5) is 23.0. The summed E-state index contributed by atoms with van der Waals surface area (Å²) in [5.74, 6) is -3.07. The number of nitrogens with one attached hydrogen (secondary N) is 2. The molecule has 0 saturated heterocycles. The summed E-state index contributed by atoms with van der Waals surface area (Å²) in [5.41, 5.74) is -2.08. The van der Waals surface area contributed by atoms with E-state index in [4.69, 9.17) is 5.11 Å². The predicted octanol–water partition coefficient (Wildman–Crippen LogP) is 2.73. The Hall–Kier alpha value is -2.18. The fraction of sp³-hybridized carbons (Fsp3) is 0.385. The van der Waals surface area contributed by atoms with Crippen molar-refractivity contribution < 1.29 is 23.5 Å². The number of rotatable bonds is 5. The number of hydrogen-bond donors (Lipinski definition) is 3. The highest BCUT2D eigenvalue weighted by atomic mass is 19.1. The Bertz CT molecular complexity index is 496. The van der Waals surface area contributed by atoms with E-state index >= 15 is 0 Å². The van der Waals surface area contributed by atoms with Crippen molar-refractivity contribution in [3.63, 3.8) is 0 Å². The molecule has 0 aliphatic carbocycles. The van der Waals surface area contributed by atoms with E-state index in [1.54, 1.807) is 13.8 Å². The van der Waals surface area contributed by atoms with Crippen molar-refractivity contribution >= 4 is 17.7 Å². The van der Waals surface area contributed by atoms with Gasteiger partial charge in [-0.05, 0) is 25.0 Å². The number of carbonyl (C=O) groups is 2. The van der Waals surface area contributed by atoms with Crippen LogP contribution in [-0.4, -0.2) is 22.6 Å². The van der Waals surface area contributed by atoms with Gasteiger partial charge in [0.2, 0.25) is 0 Å². The molecule has 0 aliphatic rings. The average Bonchev–Trinajstić information content (AvgIpc) is 2.40. The van der Waals surface area contributed by atoms with Gasteiger partial charge < -0.3 is 15.7 Å². The first-order valence-electron chi connectivity index (χ1n) is 6.13. The van der Waals surface area contributed by atoms with E-state index in [-0.39, 0.29) is 12.8 Å². The maximum Gasteiger partial charge on any atom is 0.329 e. The van der Waals surface area contributed by atoms with Gasteiger partial charge in [0, 0.05) is 0 Å². The number of anilines is 1. The Morgan fingerprint density at radius 2 is 1.70 bits per heavy atom. The third-order valence-electron chi connectivity index (χ3n) is 3.17. The smallest absolute Gasteiger partial charge is 0.329 e. The molecule has 0 aliphatic heterocycles. The van der Waals surface area contributed by atoms with Gasteiger partial charge in [0.1, 0.15) is 22.9 Å². The second kappa shape index (κ2) is 6.31. The maximum absolute atomic E-state index is 13.4. The van der Waals surface area contributed by atoms with Crippen molar-refractivity contribution in [3.05, 3.63) is 29.8 Å². The standard InChI is InChI=1S/C13H16F2N2O3/c1-3-13(4-2,11(18)19)17-12(20)16-10-8(14)6-5-7-9(10)15/h5-7H,3-4H2,1-2H3,(H,18,19)(H2,16,17,20). The van der Waals surface area contributed by atoms with Crippen LogP contribution in [-0.2, 0) is 4.79 Å². The van der Waals surface area contributed by atoms with Crippen LogP contribution in [0.4, 0.5) is 19.3 Å². The van der Waals surface area contributed by atoms with Gasteiger partial charge in [-0.1, -0.05) is 19.9 Å². The number of halogens is 2. The minimum Gasteiger partial charge on any atom is -0.480 e. The number of benzene rings is 1. The molecule has 0 saturated carbocycles. The van der Waals surface area contributed by atoms with Crippen LogP contribution in [0.3, 0.4) is 0 Å². The zero-order valence-corrected chi connectivity index (χ0v) is 11.2. The Morgan fingerprint density at radius 1 is 1.20 bits per heavy atom. The van der Waals surface area contributed by atoms with Crippen LogP contribution in [0.5, 0.6) is 0 Å². The van der Waals surface area contributed by atoms with Crippen molar-refractivity contribution in [1.29, 1.82) is 0 Å². The van der Waals surface area contributed by atoms with Gasteiger partial charge in [0.25, 0.3) is 0 Å². The molecule has 1 rings (SSSR count). The van der Waals surface area contributed by atoms with Crippen molar-refractivity contribution in [2.24, 2.45) is 0 Å². The van der Waals surface area contributed by atoms with Crippen molar-refractivity contribution in [2.75, 3.05) is 5.32 Å². The van der Waals surface area contributed by atoms with E-state index in [9.17, 15) is 18.4 Å². The molecular weight excluding hydrogens is 270 g/mol. The third-order valence-corrected chi connectivity index (χ3v) is 3.17. The lowest BCUT2D eigenvalue weighted by Gasteiger charge is -2.28. The number of aliphatic carboxylic acids is 1. The summed E-state index contributed by atoms with van der Waals surface area (Å²) in [6, 6.07) is 2.17. The molecule has 0 atom stereocenters. The number of hydrogen-bond acceptors (Lipinski definition) is 2. The molecule has 7 heteroatoms. The molecule has 2 amide bonds. The zero-order valence-electron chi connectivity index (χ0n) is 11.2. The van der Waals surface area contributed by atoms with Crippen LogP contribution in [0.2, 0.25) is 0 Å². The molecule has 0 bridgehead atoms.